The standard InChI is InChI=1S/C20H24N4S/c1-3-24(19-10-4-16(2)5-11-19)15-14-22-20(25)23-18-8-6-17(7-9-18)12-13-21/h4-11H,3,12,14-15H2,1-2H3,(H2,22,23,25). The molecule has 0 saturated carbocycles. The van der Waals surface area contributed by atoms with Crippen molar-refractivity contribution in [3.05, 3.63) is 59.7 Å². The Hall–Kier alpha value is -2.58. The van der Waals surface area contributed by atoms with E-state index in [1.54, 1.807) is 0 Å². The molecule has 2 aromatic rings. The van der Waals surface area contributed by atoms with E-state index in [0.717, 1.165) is 30.9 Å². The maximum atomic E-state index is 8.69. The summed E-state index contributed by atoms with van der Waals surface area (Å²) in [5, 5.41) is 15.7. The fourth-order valence-electron chi connectivity index (χ4n) is 2.50. The van der Waals surface area contributed by atoms with Gasteiger partial charge >= 0.3 is 0 Å². The first-order chi connectivity index (χ1) is 12.1. The average molecular weight is 353 g/mol. The second-order valence-corrected chi connectivity index (χ2v) is 6.24. The van der Waals surface area contributed by atoms with Gasteiger partial charge in [0.25, 0.3) is 0 Å². The molecule has 0 unspecified atom stereocenters. The molecule has 0 amide bonds. The molecule has 0 radical (unpaired) electrons. The van der Waals surface area contributed by atoms with Crippen LogP contribution in [0.25, 0.3) is 0 Å². The van der Waals surface area contributed by atoms with Crippen molar-refractivity contribution in [1.82, 2.24) is 5.32 Å². The fourth-order valence-corrected chi connectivity index (χ4v) is 2.72. The van der Waals surface area contributed by atoms with E-state index in [4.69, 9.17) is 17.5 Å². The Morgan fingerprint density at radius 3 is 2.40 bits per heavy atom. The monoisotopic (exact) mass is 352 g/mol. The maximum Gasteiger partial charge on any atom is 0.170 e. The van der Waals surface area contributed by atoms with Crippen LogP contribution in [-0.4, -0.2) is 24.7 Å². The zero-order chi connectivity index (χ0) is 18.1. The van der Waals surface area contributed by atoms with E-state index >= 15 is 0 Å². The van der Waals surface area contributed by atoms with Gasteiger partial charge < -0.3 is 15.5 Å². The van der Waals surface area contributed by atoms with Gasteiger partial charge in [-0.1, -0.05) is 29.8 Å². The van der Waals surface area contributed by atoms with E-state index in [-0.39, 0.29) is 0 Å². The van der Waals surface area contributed by atoms with Crippen LogP contribution in [0.4, 0.5) is 11.4 Å². The Bertz CT molecular complexity index is 717. The lowest BCUT2D eigenvalue weighted by Gasteiger charge is -2.24. The molecule has 0 fully saturated rings. The quantitative estimate of drug-likeness (QED) is 0.741. The number of benzene rings is 2. The molecular formula is C20H24N4S. The first-order valence-electron chi connectivity index (χ1n) is 8.44. The molecule has 0 spiro atoms. The van der Waals surface area contributed by atoms with Gasteiger partial charge in [-0.25, -0.2) is 0 Å². The summed E-state index contributed by atoms with van der Waals surface area (Å²) in [6, 6.07) is 18.4. The molecule has 0 saturated heterocycles. The molecule has 0 heterocycles. The highest BCUT2D eigenvalue weighted by atomic mass is 32.1. The van der Waals surface area contributed by atoms with Crippen LogP contribution >= 0.6 is 12.2 Å². The van der Waals surface area contributed by atoms with Gasteiger partial charge in [0.05, 0.1) is 12.5 Å². The highest BCUT2D eigenvalue weighted by molar-refractivity contribution is 7.80. The molecule has 0 bridgehead atoms. The Morgan fingerprint density at radius 1 is 1.12 bits per heavy atom. The van der Waals surface area contributed by atoms with Crippen LogP contribution in [-0.2, 0) is 6.42 Å². The third-order valence-electron chi connectivity index (χ3n) is 3.94. The molecule has 0 aromatic heterocycles. The summed E-state index contributed by atoms with van der Waals surface area (Å²) in [5.41, 5.74) is 4.42. The molecule has 2 aromatic carbocycles. The molecule has 130 valence electrons. The van der Waals surface area contributed by atoms with E-state index in [1.165, 1.54) is 11.3 Å². The smallest absolute Gasteiger partial charge is 0.170 e. The topological polar surface area (TPSA) is 51.1 Å². The number of hydrogen-bond donors (Lipinski definition) is 2. The van der Waals surface area contributed by atoms with Crippen molar-refractivity contribution < 1.29 is 0 Å². The fraction of sp³-hybridized carbons (Fsp3) is 0.300. The van der Waals surface area contributed by atoms with Crippen molar-refractivity contribution in [2.75, 3.05) is 29.9 Å². The highest BCUT2D eigenvalue weighted by Gasteiger charge is 2.04. The van der Waals surface area contributed by atoms with Gasteiger partial charge in [0, 0.05) is 31.0 Å². The molecule has 0 atom stereocenters. The number of aryl methyl sites for hydroxylation is 1. The zero-order valence-electron chi connectivity index (χ0n) is 14.7. The average Bonchev–Trinajstić information content (AvgIpc) is 2.62. The Balaban J connectivity index is 1.79. The molecule has 2 N–H and O–H groups in total. The first-order valence-corrected chi connectivity index (χ1v) is 8.85. The van der Waals surface area contributed by atoms with E-state index in [2.05, 4.69) is 59.7 Å². The Labute approximate surface area is 155 Å². The lowest BCUT2D eigenvalue weighted by Crippen LogP contribution is -2.36. The molecule has 0 aliphatic carbocycles. The summed E-state index contributed by atoms with van der Waals surface area (Å²) in [6.45, 7) is 6.84. The van der Waals surface area contributed by atoms with E-state index in [1.807, 2.05) is 24.3 Å². The SMILES string of the molecule is CCN(CCNC(=S)Nc1ccc(CC#N)cc1)c1ccc(C)cc1. The van der Waals surface area contributed by atoms with Gasteiger partial charge in [0.15, 0.2) is 5.11 Å². The third-order valence-corrected chi connectivity index (χ3v) is 4.19. The largest absolute Gasteiger partial charge is 0.370 e. The van der Waals surface area contributed by atoms with Crippen LogP contribution in [0.5, 0.6) is 0 Å². The predicted molar refractivity (Wildman–Crippen MR) is 109 cm³/mol. The van der Waals surface area contributed by atoms with Crippen LogP contribution in [0.15, 0.2) is 48.5 Å². The minimum absolute atomic E-state index is 0.425. The summed E-state index contributed by atoms with van der Waals surface area (Å²) in [6.07, 6.45) is 0.425. The first kappa shape index (κ1) is 18.8. The van der Waals surface area contributed by atoms with Gasteiger partial charge in [-0.3, -0.25) is 0 Å². The van der Waals surface area contributed by atoms with Crippen molar-refractivity contribution in [2.45, 2.75) is 20.3 Å². The second kappa shape index (κ2) is 9.65. The van der Waals surface area contributed by atoms with Crippen LogP contribution in [0, 0.1) is 18.3 Å². The van der Waals surface area contributed by atoms with Crippen molar-refractivity contribution in [3.8, 4) is 6.07 Å². The van der Waals surface area contributed by atoms with Crippen molar-refractivity contribution in [1.29, 1.82) is 5.26 Å². The number of thiocarbonyl (C=S) groups is 1. The second-order valence-electron chi connectivity index (χ2n) is 5.83. The van der Waals surface area contributed by atoms with Crippen LogP contribution in [0.3, 0.4) is 0 Å². The normalized spacial score (nSPS) is 9.96. The number of anilines is 2. The lowest BCUT2D eigenvalue weighted by atomic mass is 10.1. The number of nitriles is 1. The summed E-state index contributed by atoms with van der Waals surface area (Å²) < 4.78 is 0. The highest BCUT2D eigenvalue weighted by Crippen LogP contribution is 2.14. The van der Waals surface area contributed by atoms with Crippen LogP contribution < -0.4 is 15.5 Å². The van der Waals surface area contributed by atoms with Crippen molar-refractivity contribution in [3.63, 3.8) is 0 Å². The Kier molecular flexibility index (Phi) is 7.24. The number of nitrogens with one attached hydrogen (secondary N) is 2. The number of hydrogen-bond acceptors (Lipinski definition) is 3. The van der Waals surface area contributed by atoms with Crippen molar-refractivity contribution >= 4 is 28.7 Å². The van der Waals surface area contributed by atoms with Gasteiger partial charge in [-0.15, -0.1) is 0 Å². The number of likely N-dealkylation sites (N-methyl/N-ethyl adjacent to an activating group) is 1. The number of rotatable bonds is 7. The maximum absolute atomic E-state index is 8.69. The van der Waals surface area contributed by atoms with Gasteiger partial charge in [0.1, 0.15) is 0 Å². The summed E-state index contributed by atoms with van der Waals surface area (Å²) in [4.78, 5) is 2.31. The van der Waals surface area contributed by atoms with E-state index in [9.17, 15) is 0 Å². The third kappa shape index (κ3) is 6.09. The molecule has 25 heavy (non-hydrogen) atoms. The van der Waals surface area contributed by atoms with Gasteiger partial charge in [0.2, 0.25) is 0 Å². The van der Waals surface area contributed by atoms with Crippen LogP contribution in [0.1, 0.15) is 18.1 Å². The summed E-state index contributed by atoms with van der Waals surface area (Å²) in [7, 11) is 0. The molecule has 4 nitrogen and oxygen atoms in total. The van der Waals surface area contributed by atoms with E-state index < -0.39 is 0 Å². The lowest BCUT2D eigenvalue weighted by molar-refractivity contribution is 0.779. The van der Waals surface area contributed by atoms with Crippen LogP contribution in [0.2, 0.25) is 0 Å². The summed E-state index contributed by atoms with van der Waals surface area (Å²) in [5.74, 6) is 0. The van der Waals surface area contributed by atoms with Gasteiger partial charge in [-0.05, 0) is 55.9 Å². The minimum atomic E-state index is 0.425. The summed E-state index contributed by atoms with van der Waals surface area (Å²) >= 11 is 5.35. The molecule has 2 rings (SSSR count). The molecular weight excluding hydrogens is 328 g/mol. The number of nitrogens with zero attached hydrogens (tertiary/aromatic N) is 2. The van der Waals surface area contributed by atoms with Gasteiger partial charge in [-0.2, -0.15) is 5.26 Å². The predicted octanol–water partition coefficient (Wildman–Crippen LogP) is 3.87. The molecule has 5 heteroatoms. The van der Waals surface area contributed by atoms with Crippen molar-refractivity contribution in [2.24, 2.45) is 0 Å². The Morgan fingerprint density at radius 2 is 1.80 bits per heavy atom. The molecule has 0 aliphatic rings. The molecule has 0 aliphatic heterocycles. The van der Waals surface area contributed by atoms with E-state index in [0.29, 0.717) is 11.5 Å². The minimum Gasteiger partial charge on any atom is -0.370 e. The zero-order valence-corrected chi connectivity index (χ0v) is 15.6.